The Balaban J connectivity index is 2.20. The number of nitrogens with zero attached hydrogens (tertiary/aromatic N) is 2. The molecule has 1 aromatic heterocycles. The van der Waals surface area contributed by atoms with Crippen LogP contribution in [-0.2, 0) is 0 Å². The highest BCUT2D eigenvalue weighted by Gasteiger charge is 2.38. The van der Waals surface area contributed by atoms with E-state index in [1.807, 2.05) is 37.3 Å². The van der Waals surface area contributed by atoms with Gasteiger partial charge in [-0.15, -0.1) is 0 Å². The van der Waals surface area contributed by atoms with Crippen LogP contribution in [-0.4, -0.2) is 12.9 Å². The van der Waals surface area contributed by atoms with Crippen LogP contribution in [0.2, 0.25) is 18.1 Å². The third-order valence-corrected chi connectivity index (χ3v) is 9.59. The molecule has 0 amide bonds. The summed E-state index contributed by atoms with van der Waals surface area (Å²) >= 11 is 0. The van der Waals surface area contributed by atoms with Gasteiger partial charge in [0.25, 0.3) is 0 Å². The van der Waals surface area contributed by atoms with Gasteiger partial charge in [-0.25, -0.2) is 0 Å². The number of hydrogen-bond acceptors (Lipinski definition) is 3. The molecule has 4 nitrogen and oxygen atoms in total. The van der Waals surface area contributed by atoms with Gasteiger partial charge in [0.1, 0.15) is 17.5 Å². The second kappa shape index (κ2) is 7.20. The van der Waals surface area contributed by atoms with Gasteiger partial charge in [0.2, 0.25) is 8.32 Å². The van der Waals surface area contributed by atoms with Gasteiger partial charge in [-0.3, -0.25) is 0 Å². The van der Waals surface area contributed by atoms with Crippen molar-refractivity contribution in [3.8, 4) is 11.8 Å². The van der Waals surface area contributed by atoms with Gasteiger partial charge in [0, 0.05) is 17.4 Å². The van der Waals surface area contributed by atoms with E-state index in [2.05, 4.69) is 63.7 Å². The predicted octanol–water partition coefficient (Wildman–Crippen LogP) is 6.38. The molecule has 0 aliphatic carbocycles. The molecular weight excluding hydrogens is 338 g/mol. The molecule has 0 spiro atoms. The van der Waals surface area contributed by atoms with Crippen molar-refractivity contribution < 1.29 is 4.43 Å². The minimum atomic E-state index is -1.83. The average Bonchev–Trinajstić information content (AvgIpc) is 2.84. The molecule has 1 heterocycles. The normalized spacial score (nSPS) is 12.2. The topological polar surface area (TPSA) is 50.0 Å². The van der Waals surface area contributed by atoms with E-state index < -0.39 is 8.32 Å². The van der Waals surface area contributed by atoms with Gasteiger partial charge in [-0.2, -0.15) is 5.26 Å². The Kier molecular flexibility index (Phi) is 5.57. The Bertz CT molecular complexity index is 806. The monoisotopic (exact) mass is 369 g/mol. The summed E-state index contributed by atoms with van der Waals surface area (Å²) in [5, 5.41) is 13.0. The highest BCUT2D eigenvalue weighted by molar-refractivity contribution is 6.74. The molecule has 0 atom stereocenters. The van der Waals surface area contributed by atoms with Crippen LogP contribution in [0.3, 0.4) is 0 Å². The van der Waals surface area contributed by atoms with Crippen LogP contribution < -0.4 is 9.74 Å². The molecular formula is C21H31N3OSi. The van der Waals surface area contributed by atoms with E-state index in [0.29, 0.717) is 5.69 Å². The van der Waals surface area contributed by atoms with Crippen molar-refractivity contribution in [2.75, 3.05) is 5.32 Å². The van der Waals surface area contributed by atoms with E-state index in [4.69, 9.17) is 4.43 Å². The van der Waals surface area contributed by atoms with Gasteiger partial charge >= 0.3 is 0 Å². The standard InChI is InChI=1S/C21H31N3OSi/c1-15(2)24-16(3)20(13-18(24)14-22)23-17-9-11-19(12-10-17)25-26(7,8)21(4,5)6/h9-13,15,23H,1-8H3. The second-order valence-electron chi connectivity index (χ2n) is 8.62. The van der Waals surface area contributed by atoms with E-state index in [1.54, 1.807) is 0 Å². The Morgan fingerprint density at radius 3 is 2.15 bits per heavy atom. The van der Waals surface area contributed by atoms with Crippen LogP contribution in [0, 0.1) is 18.3 Å². The number of aromatic nitrogens is 1. The van der Waals surface area contributed by atoms with Gasteiger partial charge < -0.3 is 14.3 Å². The fourth-order valence-corrected chi connectivity index (χ4v) is 3.74. The van der Waals surface area contributed by atoms with Crippen molar-refractivity contribution in [3.63, 3.8) is 0 Å². The van der Waals surface area contributed by atoms with Gasteiger partial charge in [0.15, 0.2) is 0 Å². The first kappa shape index (κ1) is 20.1. The first-order valence-electron chi connectivity index (χ1n) is 9.14. The highest BCUT2D eigenvalue weighted by atomic mass is 28.4. The average molecular weight is 370 g/mol. The maximum atomic E-state index is 9.37. The molecule has 0 fully saturated rings. The highest BCUT2D eigenvalue weighted by Crippen LogP contribution is 2.37. The van der Waals surface area contributed by atoms with Crippen molar-refractivity contribution in [1.82, 2.24) is 4.57 Å². The molecule has 0 aliphatic rings. The summed E-state index contributed by atoms with van der Waals surface area (Å²) in [6.07, 6.45) is 0. The summed E-state index contributed by atoms with van der Waals surface area (Å²) in [6, 6.07) is 12.5. The number of anilines is 2. The summed E-state index contributed by atoms with van der Waals surface area (Å²) in [6.45, 7) is 17.4. The van der Waals surface area contributed by atoms with Gasteiger partial charge in [-0.1, -0.05) is 20.8 Å². The summed E-state index contributed by atoms with van der Waals surface area (Å²) in [5.74, 6) is 0.913. The number of rotatable bonds is 5. The summed E-state index contributed by atoms with van der Waals surface area (Å²) in [7, 11) is -1.83. The number of benzene rings is 1. The van der Waals surface area contributed by atoms with Crippen LogP contribution >= 0.6 is 0 Å². The molecule has 1 aromatic carbocycles. The predicted molar refractivity (Wildman–Crippen MR) is 112 cm³/mol. The molecule has 26 heavy (non-hydrogen) atoms. The fourth-order valence-electron chi connectivity index (χ4n) is 2.71. The van der Waals surface area contributed by atoms with Crippen molar-refractivity contribution in [3.05, 3.63) is 41.7 Å². The van der Waals surface area contributed by atoms with E-state index >= 15 is 0 Å². The van der Waals surface area contributed by atoms with Crippen LogP contribution in [0.25, 0.3) is 0 Å². The SMILES string of the molecule is Cc1c(Nc2ccc(O[Si](C)(C)C(C)(C)C)cc2)cc(C#N)n1C(C)C. The smallest absolute Gasteiger partial charge is 0.250 e. The minimum absolute atomic E-state index is 0.175. The van der Waals surface area contributed by atoms with Crippen molar-refractivity contribution in [1.29, 1.82) is 5.26 Å². The maximum Gasteiger partial charge on any atom is 0.250 e. The maximum absolute atomic E-state index is 9.37. The Labute approximate surface area is 158 Å². The number of hydrogen-bond donors (Lipinski definition) is 1. The summed E-state index contributed by atoms with van der Waals surface area (Å²) < 4.78 is 8.38. The minimum Gasteiger partial charge on any atom is -0.544 e. The van der Waals surface area contributed by atoms with E-state index in [0.717, 1.165) is 22.8 Å². The van der Waals surface area contributed by atoms with E-state index in [1.165, 1.54) is 0 Å². The Morgan fingerprint density at radius 1 is 1.15 bits per heavy atom. The third-order valence-electron chi connectivity index (χ3n) is 5.24. The molecule has 2 aromatic rings. The van der Waals surface area contributed by atoms with E-state index in [9.17, 15) is 5.26 Å². The lowest BCUT2D eigenvalue weighted by Gasteiger charge is -2.36. The lowest BCUT2D eigenvalue weighted by atomic mass is 10.2. The lowest BCUT2D eigenvalue weighted by molar-refractivity contribution is 0.492. The van der Waals surface area contributed by atoms with Gasteiger partial charge in [-0.05, 0) is 69.2 Å². The zero-order valence-electron chi connectivity index (χ0n) is 17.3. The molecule has 0 aliphatic heterocycles. The third kappa shape index (κ3) is 4.13. The number of nitrogens with one attached hydrogen (secondary N) is 1. The zero-order chi connectivity index (χ0) is 19.7. The van der Waals surface area contributed by atoms with Crippen LogP contribution in [0.1, 0.15) is 52.0 Å². The van der Waals surface area contributed by atoms with Crippen LogP contribution in [0.4, 0.5) is 11.4 Å². The Morgan fingerprint density at radius 2 is 1.73 bits per heavy atom. The van der Waals surface area contributed by atoms with Gasteiger partial charge in [0.05, 0.1) is 5.69 Å². The molecule has 0 saturated carbocycles. The number of nitriles is 1. The molecule has 0 saturated heterocycles. The molecule has 5 heteroatoms. The molecule has 0 unspecified atom stereocenters. The summed E-state index contributed by atoms with van der Waals surface area (Å²) in [4.78, 5) is 0. The van der Waals surface area contributed by atoms with E-state index in [-0.39, 0.29) is 11.1 Å². The van der Waals surface area contributed by atoms with Crippen LogP contribution in [0.15, 0.2) is 30.3 Å². The molecule has 0 bridgehead atoms. The molecule has 2 rings (SSSR count). The zero-order valence-corrected chi connectivity index (χ0v) is 18.3. The first-order chi connectivity index (χ1) is 12.0. The quantitative estimate of drug-likeness (QED) is 0.622. The molecule has 0 radical (unpaired) electrons. The largest absolute Gasteiger partial charge is 0.544 e. The summed E-state index contributed by atoms with van der Waals surface area (Å²) in [5.41, 5.74) is 3.70. The lowest BCUT2D eigenvalue weighted by Crippen LogP contribution is -2.43. The van der Waals surface area contributed by atoms with Crippen molar-refractivity contribution in [2.45, 2.75) is 65.7 Å². The van der Waals surface area contributed by atoms with Crippen molar-refractivity contribution >= 4 is 19.7 Å². The fraction of sp³-hybridized carbons (Fsp3) is 0.476. The van der Waals surface area contributed by atoms with Crippen molar-refractivity contribution in [2.24, 2.45) is 0 Å². The molecule has 1 N–H and O–H groups in total. The first-order valence-corrected chi connectivity index (χ1v) is 12.0. The Hall–Kier alpha value is -2.19. The second-order valence-corrected chi connectivity index (χ2v) is 13.3. The molecule has 140 valence electrons. The van der Waals surface area contributed by atoms with Crippen LogP contribution in [0.5, 0.6) is 5.75 Å².